The van der Waals surface area contributed by atoms with Crippen molar-refractivity contribution >= 4 is 22.6 Å². The molecule has 1 saturated carbocycles. The quantitative estimate of drug-likeness (QED) is 0.668. The molecular formula is C22H27N5O2. The van der Waals surface area contributed by atoms with Crippen molar-refractivity contribution in [3.05, 3.63) is 51.9 Å². The highest BCUT2D eigenvalue weighted by Gasteiger charge is 2.19. The van der Waals surface area contributed by atoms with E-state index in [9.17, 15) is 9.59 Å². The van der Waals surface area contributed by atoms with Crippen LogP contribution >= 0.6 is 0 Å². The SMILES string of the molecule is N=c1c(C(N)=O)cc2c(=O)n3ccccc3nc2n1CC1CCCCCCCC1. The minimum absolute atomic E-state index is 0.0389. The second kappa shape index (κ2) is 8.19. The summed E-state index contributed by atoms with van der Waals surface area (Å²) in [6, 6.07) is 6.79. The first-order valence-electron chi connectivity index (χ1n) is 10.5. The van der Waals surface area contributed by atoms with E-state index < -0.39 is 5.91 Å². The number of fused-ring (bicyclic) bond motifs is 2. The number of aromatic nitrogens is 3. The maximum Gasteiger partial charge on any atom is 0.267 e. The number of carbonyl (C=O) groups is 1. The Morgan fingerprint density at radius 1 is 1.14 bits per heavy atom. The summed E-state index contributed by atoms with van der Waals surface area (Å²) in [5.41, 5.74) is 6.37. The van der Waals surface area contributed by atoms with Gasteiger partial charge in [0, 0.05) is 12.7 Å². The van der Waals surface area contributed by atoms with Crippen molar-refractivity contribution in [2.75, 3.05) is 0 Å². The third-order valence-corrected chi connectivity index (χ3v) is 6.00. The molecule has 7 heteroatoms. The summed E-state index contributed by atoms with van der Waals surface area (Å²) in [6.07, 6.45) is 11.2. The zero-order valence-corrected chi connectivity index (χ0v) is 16.6. The first-order chi connectivity index (χ1) is 14.1. The smallest absolute Gasteiger partial charge is 0.267 e. The van der Waals surface area contributed by atoms with Gasteiger partial charge < -0.3 is 10.3 Å². The van der Waals surface area contributed by atoms with Gasteiger partial charge in [0.05, 0.1) is 10.9 Å². The molecule has 0 unspecified atom stereocenters. The molecule has 1 fully saturated rings. The lowest BCUT2D eigenvalue weighted by Gasteiger charge is -2.20. The summed E-state index contributed by atoms with van der Waals surface area (Å²) < 4.78 is 3.19. The van der Waals surface area contributed by atoms with E-state index in [1.54, 1.807) is 22.9 Å². The fraction of sp³-hybridized carbons (Fsp3) is 0.455. The molecule has 0 atom stereocenters. The molecule has 152 valence electrons. The fourth-order valence-electron chi connectivity index (χ4n) is 4.41. The monoisotopic (exact) mass is 393 g/mol. The molecule has 0 aromatic carbocycles. The molecule has 0 aliphatic heterocycles. The third kappa shape index (κ3) is 3.81. The van der Waals surface area contributed by atoms with Gasteiger partial charge in [-0.05, 0) is 37.0 Å². The number of hydrogen-bond donors (Lipinski definition) is 2. The van der Waals surface area contributed by atoms with Crippen molar-refractivity contribution in [1.82, 2.24) is 14.0 Å². The summed E-state index contributed by atoms with van der Waals surface area (Å²) >= 11 is 0. The molecular weight excluding hydrogens is 366 g/mol. The fourth-order valence-corrected chi connectivity index (χ4v) is 4.41. The van der Waals surface area contributed by atoms with Crippen LogP contribution in [0.3, 0.4) is 0 Å². The second-order valence-electron chi connectivity index (χ2n) is 8.03. The Morgan fingerprint density at radius 2 is 1.83 bits per heavy atom. The summed E-state index contributed by atoms with van der Waals surface area (Å²) in [6.45, 7) is 0.575. The van der Waals surface area contributed by atoms with Crippen molar-refractivity contribution in [2.24, 2.45) is 11.7 Å². The molecule has 4 rings (SSSR count). The lowest BCUT2D eigenvalue weighted by molar-refractivity contribution is 0.0998. The van der Waals surface area contributed by atoms with Gasteiger partial charge in [0.15, 0.2) is 0 Å². The highest BCUT2D eigenvalue weighted by molar-refractivity contribution is 5.95. The summed E-state index contributed by atoms with van der Waals surface area (Å²) in [5.74, 6) is -0.303. The molecule has 0 saturated heterocycles. The van der Waals surface area contributed by atoms with Crippen molar-refractivity contribution in [2.45, 2.75) is 57.9 Å². The Hall–Kier alpha value is -2.96. The van der Waals surface area contributed by atoms with E-state index >= 15 is 0 Å². The Kier molecular flexibility index (Phi) is 5.47. The van der Waals surface area contributed by atoms with Crippen molar-refractivity contribution < 1.29 is 4.79 Å². The predicted molar refractivity (Wildman–Crippen MR) is 112 cm³/mol. The van der Waals surface area contributed by atoms with Gasteiger partial charge >= 0.3 is 0 Å². The average molecular weight is 393 g/mol. The Labute approximate surface area is 168 Å². The van der Waals surface area contributed by atoms with E-state index in [0.29, 0.717) is 29.1 Å². The molecule has 0 spiro atoms. The maximum atomic E-state index is 13.1. The van der Waals surface area contributed by atoms with E-state index in [2.05, 4.69) is 4.98 Å². The standard InChI is InChI=1S/C22H27N5O2/c23-19-16(20(24)28)13-17-21(25-18-11-7-8-12-26(18)22(17)29)27(19)14-15-9-5-3-1-2-4-6-10-15/h7-8,11-13,15,23H,1-6,9-10,14H2,(H2,24,28). The maximum absolute atomic E-state index is 13.1. The first kappa shape index (κ1) is 19.4. The predicted octanol–water partition coefficient (Wildman–Crippen LogP) is 2.98. The molecule has 7 nitrogen and oxygen atoms in total. The van der Waals surface area contributed by atoms with E-state index in [1.807, 2.05) is 6.07 Å². The molecule has 3 N–H and O–H groups in total. The molecule has 1 aliphatic carbocycles. The Balaban J connectivity index is 1.90. The summed E-state index contributed by atoms with van der Waals surface area (Å²) in [5, 5.41) is 8.93. The van der Waals surface area contributed by atoms with Gasteiger partial charge in [0.1, 0.15) is 16.8 Å². The van der Waals surface area contributed by atoms with Crippen LogP contribution in [0.15, 0.2) is 35.3 Å². The largest absolute Gasteiger partial charge is 0.365 e. The number of primary amides is 1. The first-order valence-corrected chi connectivity index (χ1v) is 10.5. The van der Waals surface area contributed by atoms with Crippen LogP contribution in [-0.4, -0.2) is 19.9 Å². The molecule has 3 aromatic heterocycles. The second-order valence-corrected chi connectivity index (χ2v) is 8.03. The summed E-state index contributed by atoms with van der Waals surface area (Å²) in [4.78, 5) is 29.7. The normalized spacial score (nSPS) is 16.4. The van der Waals surface area contributed by atoms with Crippen LogP contribution in [0.1, 0.15) is 61.7 Å². The highest BCUT2D eigenvalue weighted by atomic mass is 16.1. The number of pyridine rings is 2. The van der Waals surface area contributed by atoms with Crippen LogP contribution in [0.5, 0.6) is 0 Å². The molecule has 3 aromatic rings. The minimum Gasteiger partial charge on any atom is -0.365 e. The van der Waals surface area contributed by atoms with Gasteiger partial charge in [0.2, 0.25) is 0 Å². The number of nitrogens with two attached hydrogens (primary N) is 1. The zero-order chi connectivity index (χ0) is 20.4. The van der Waals surface area contributed by atoms with E-state index in [1.165, 1.54) is 49.0 Å². The molecule has 29 heavy (non-hydrogen) atoms. The van der Waals surface area contributed by atoms with Crippen LogP contribution in [0.25, 0.3) is 16.7 Å². The molecule has 0 radical (unpaired) electrons. The van der Waals surface area contributed by atoms with Gasteiger partial charge in [0.25, 0.3) is 11.5 Å². The van der Waals surface area contributed by atoms with Crippen LogP contribution in [0.4, 0.5) is 0 Å². The number of carbonyl (C=O) groups excluding carboxylic acids is 1. The lowest BCUT2D eigenvalue weighted by atomic mass is 9.96. The number of hydrogen-bond acceptors (Lipinski definition) is 4. The van der Waals surface area contributed by atoms with E-state index in [-0.39, 0.29) is 16.6 Å². The van der Waals surface area contributed by atoms with Gasteiger partial charge in [-0.1, -0.05) is 44.6 Å². The molecule has 1 aliphatic rings. The number of amides is 1. The average Bonchev–Trinajstić information content (AvgIpc) is 2.84. The van der Waals surface area contributed by atoms with Gasteiger partial charge in [-0.2, -0.15) is 0 Å². The van der Waals surface area contributed by atoms with Crippen LogP contribution in [0.2, 0.25) is 0 Å². The summed E-state index contributed by atoms with van der Waals surface area (Å²) in [7, 11) is 0. The van der Waals surface area contributed by atoms with Crippen molar-refractivity contribution in [3.63, 3.8) is 0 Å². The zero-order valence-electron chi connectivity index (χ0n) is 16.6. The highest BCUT2D eigenvalue weighted by Crippen LogP contribution is 2.24. The number of rotatable bonds is 3. The Morgan fingerprint density at radius 3 is 2.52 bits per heavy atom. The lowest BCUT2D eigenvalue weighted by Crippen LogP contribution is -2.34. The Bertz CT molecular complexity index is 1170. The molecule has 0 bridgehead atoms. The van der Waals surface area contributed by atoms with E-state index in [4.69, 9.17) is 11.1 Å². The van der Waals surface area contributed by atoms with Crippen LogP contribution < -0.4 is 16.8 Å². The van der Waals surface area contributed by atoms with Crippen molar-refractivity contribution in [3.8, 4) is 0 Å². The van der Waals surface area contributed by atoms with Gasteiger partial charge in [-0.15, -0.1) is 0 Å². The van der Waals surface area contributed by atoms with E-state index in [0.717, 1.165) is 12.8 Å². The molecule has 3 heterocycles. The van der Waals surface area contributed by atoms with Gasteiger partial charge in [-0.25, -0.2) is 4.98 Å². The number of nitrogens with one attached hydrogen (secondary N) is 1. The molecule has 1 amide bonds. The van der Waals surface area contributed by atoms with Gasteiger partial charge in [-0.3, -0.25) is 19.4 Å². The topological polar surface area (TPSA) is 106 Å². The minimum atomic E-state index is -0.697. The number of nitrogens with zero attached hydrogens (tertiary/aromatic N) is 3. The van der Waals surface area contributed by atoms with Crippen LogP contribution in [-0.2, 0) is 6.54 Å². The van der Waals surface area contributed by atoms with Crippen molar-refractivity contribution in [1.29, 1.82) is 5.41 Å². The van der Waals surface area contributed by atoms with Crippen LogP contribution in [0, 0.1) is 11.3 Å². The third-order valence-electron chi connectivity index (χ3n) is 6.00.